The standard InChI is InChI=1S/C30H38N6O2/c1-5-27(37)35-12-7-6-8-25(19-35)36-28-21(3)14-23(18-34-13-10-20(2)17-34)16-26(28)32-30(36)33-29(38)24-9-11-31-22(4)15-24/h5,9,11,14-16,20,25H,1,6-8,10,12-13,17-19H2,2-4H3,(H,32,33,38)/t20-,25-/m1/s1. The van der Waals surface area contributed by atoms with Gasteiger partial charge in [-0.25, -0.2) is 4.98 Å². The lowest BCUT2D eigenvalue weighted by Crippen LogP contribution is -2.34. The van der Waals surface area contributed by atoms with Gasteiger partial charge in [0.2, 0.25) is 11.9 Å². The summed E-state index contributed by atoms with van der Waals surface area (Å²) in [6, 6.07) is 7.90. The number of aryl methyl sites for hydroxylation is 2. The summed E-state index contributed by atoms with van der Waals surface area (Å²) in [6.07, 6.45) is 7.11. The van der Waals surface area contributed by atoms with E-state index in [0.29, 0.717) is 24.6 Å². The number of hydrogen-bond acceptors (Lipinski definition) is 5. The number of imidazole rings is 1. The van der Waals surface area contributed by atoms with Crippen molar-refractivity contribution in [3.63, 3.8) is 0 Å². The number of rotatable bonds is 6. The molecule has 2 amide bonds. The molecule has 38 heavy (non-hydrogen) atoms. The van der Waals surface area contributed by atoms with Crippen LogP contribution in [0.5, 0.6) is 0 Å². The monoisotopic (exact) mass is 514 g/mol. The molecule has 3 aromatic rings. The zero-order valence-electron chi connectivity index (χ0n) is 22.7. The normalized spacial score (nSPS) is 20.4. The molecule has 2 saturated heterocycles. The number of likely N-dealkylation sites (tertiary alicyclic amines) is 2. The maximum Gasteiger partial charge on any atom is 0.258 e. The van der Waals surface area contributed by atoms with Crippen LogP contribution in [0.2, 0.25) is 0 Å². The summed E-state index contributed by atoms with van der Waals surface area (Å²) in [5.41, 5.74) is 5.58. The minimum atomic E-state index is -0.219. The lowest BCUT2D eigenvalue weighted by Gasteiger charge is -2.26. The molecule has 0 aliphatic carbocycles. The molecular formula is C30H38N6O2. The molecule has 1 aromatic carbocycles. The average molecular weight is 515 g/mol. The Labute approximate surface area is 224 Å². The van der Waals surface area contributed by atoms with Crippen LogP contribution in [-0.2, 0) is 11.3 Å². The van der Waals surface area contributed by atoms with E-state index in [2.05, 4.69) is 52.3 Å². The number of pyridine rings is 1. The summed E-state index contributed by atoms with van der Waals surface area (Å²) in [7, 11) is 0. The highest BCUT2D eigenvalue weighted by molar-refractivity contribution is 6.04. The summed E-state index contributed by atoms with van der Waals surface area (Å²) in [5, 5.41) is 3.10. The highest BCUT2D eigenvalue weighted by Crippen LogP contribution is 2.33. The first kappa shape index (κ1) is 26.1. The summed E-state index contributed by atoms with van der Waals surface area (Å²) >= 11 is 0. The van der Waals surface area contributed by atoms with Gasteiger partial charge in [-0.2, -0.15) is 0 Å². The van der Waals surface area contributed by atoms with Crippen LogP contribution in [0.15, 0.2) is 43.1 Å². The molecule has 1 N–H and O–H groups in total. The fourth-order valence-electron chi connectivity index (χ4n) is 5.99. The number of carbonyl (C=O) groups excluding carboxylic acids is 2. The van der Waals surface area contributed by atoms with Crippen LogP contribution in [0.4, 0.5) is 5.95 Å². The molecule has 0 saturated carbocycles. The Morgan fingerprint density at radius 3 is 2.71 bits per heavy atom. The van der Waals surface area contributed by atoms with Crippen molar-refractivity contribution in [1.82, 2.24) is 24.3 Å². The van der Waals surface area contributed by atoms with Crippen LogP contribution in [-0.4, -0.2) is 62.3 Å². The van der Waals surface area contributed by atoms with Crippen LogP contribution in [0.3, 0.4) is 0 Å². The minimum Gasteiger partial charge on any atom is -0.337 e. The van der Waals surface area contributed by atoms with Crippen LogP contribution in [0.1, 0.15) is 65.8 Å². The Hall–Kier alpha value is -3.52. The molecule has 200 valence electrons. The smallest absolute Gasteiger partial charge is 0.258 e. The predicted molar refractivity (Wildman–Crippen MR) is 150 cm³/mol. The van der Waals surface area contributed by atoms with E-state index in [1.807, 2.05) is 11.8 Å². The van der Waals surface area contributed by atoms with Crippen LogP contribution in [0, 0.1) is 19.8 Å². The molecule has 0 radical (unpaired) electrons. The third kappa shape index (κ3) is 5.50. The number of hydrogen-bond donors (Lipinski definition) is 1. The van der Waals surface area contributed by atoms with E-state index in [1.54, 1.807) is 18.3 Å². The topological polar surface area (TPSA) is 83.4 Å². The first-order chi connectivity index (χ1) is 18.3. The van der Waals surface area contributed by atoms with Gasteiger partial charge in [0.15, 0.2) is 0 Å². The van der Waals surface area contributed by atoms with E-state index in [4.69, 9.17) is 4.98 Å². The second kappa shape index (κ2) is 11.1. The summed E-state index contributed by atoms with van der Waals surface area (Å²) in [4.78, 5) is 39.4. The minimum absolute atomic E-state index is 0.00939. The molecule has 8 nitrogen and oxygen atoms in total. The van der Waals surface area contributed by atoms with Crippen molar-refractivity contribution >= 4 is 28.8 Å². The quantitative estimate of drug-likeness (QED) is 0.474. The number of anilines is 1. The number of carbonyl (C=O) groups is 2. The van der Waals surface area contributed by atoms with Crippen molar-refractivity contribution in [1.29, 1.82) is 0 Å². The van der Waals surface area contributed by atoms with Crippen LogP contribution >= 0.6 is 0 Å². The molecule has 2 aromatic heterocycles. The lowest BCUT2D eigenvalue weighted by molar-refractivity contribution is -0.126. The molecule has 0 spiro atoms. The van der Waals surface area contributed by atoms with Gasteiger partial charge in [0, 0.05) is 43.6 Å². The third-order valence-corrected chi connectivity index (χ3v) is 7.83. The van der Waals surface area contributed by atoms with Crippen molar-refractivity contribution in [2.75, 3.05) is 31.5 Å². The Bertz CT molecular complexity index is 1360. The third-order valence-electron chi connectivity index (χ3n) is 7.83. The lowest BCUT2D eigenvalue weighted by atomic mass is 10.1. The van der Waals surface area contributed by atoms with Gasteiger partial charge in [-0.05, 0) is 87.4 Å². The Balaban J connectivity index is 1.55. The molecule has 5 rings (SSSR count). The van der Waals surface area contributed by atoms with Gasteiger partial charge in [-0.3, -0.25) is 24.8 Å². The van der Waals surface area contributed by atoms with Crippen LogP contribution < -0.4 is 5.32 Å². The molecule has 2 aliphatic rings. The number of benzene rings is 1. The van der Waals surface area contributed by atoms with Gasteiger partial charge >= 0.3 is 0 Å². The van der Waals surface area contributed by atoms with Gasteiger partial charge in [0.1, 0.15) is 0 Å². The molecule has 2 fully saturated rings. The molecule has 4 heterocycles. The number of nitrogens with one attached hydrogen (secondary N) is 1. The van der Waals surface area contributed by atoms with E-state index in [9.17, 15) is 9.59 Å². The SMILES string of the molecule is C=CC(=O)N1CCCC[C@@H](n2c(NC(=O)c3ccnc(C)c3)nc3cc(CN4CC[C@@H](C)C4)cc(C)c32)C1. The first-order valence-electron chi connectivity index (χ1n) is 13.7. The summed E-state index contributed by atoms with van der Waals surface area (Å²) < 4.78 is 2.16. The van der Waals surface area contributed by atoms with E-state index in [0.717, 1.165) is 67.1 Å². The zero-order valence-corrected chi connectivity index (χ0v) is 22.7. The highest BCUT2D eigenvalue weighted by Gasteiger charge is 2.28. The van der Waals surface area contributed by atoms with E-state index in [-0.39, 0.29) is 17.9 Å². The van der Waals surface area contributed by atoms with Crippen molar-refractivity contribution < 1.29 is 9.59 Å². The molecule has 2 atom stereocenters. The van der Waals surface area contributed by atoms with Gasteiger partial charge < -0.3 is 9.47 Å². The van der Waals surface area contributed by atoms with Crippen molar-refractivity contribution in [3.05, 3.63) is 65.5 Å². The molecule has 0 bridgehead atoms. The highest BCUT2D eigenvalue weighted by atomic mass is 16.2. The summed E-state index contributed by atoms with van der Waals surface area (Å²) in [5.74, 6) is 0.975. The molecule has 2 aliphatic heterocycles. The van der Waals surface area contributed by atoms with Gasteiger partial charge in [-0.15, -0.1) is 0 Å². The maximum atomic E-state index is 13.3. The molecular weight excluding hydrogens is 476 g/mol. The van der Waals surface area contributed by atoms with Crippen molar-refractivity contribution in [3.8, 4) is 0 Å². The van der Waals surface area contributed by atoms with Crippen LogP contribution in [0.25, 0.3) is 11.0 Å². The average Bonchev–Trinajstić information content (AvgIpc) is 3.36. The Kier molecular flexibility index (Phi) is 7.61. The van der Waals surface area contributed by atoms with Gasteiger partial charge in [0.05, 0.1) is 17.1 Å². The first-order valence-corrected chi connectivity index (χ1v) is 13.7. The number of amides is 2. The van der Waals surface area contributed by atoms with E-state index in [1.165, 1.54) is 18.1 Å². The second-order valence-corrected chi connectivity index (χ2v) is 11.0. The Morgan fingerprint density at radius 2 is 1.97 bits per heavy atom. The van der Waals surface area contributed by atoms with Crippen molar-refractivity contribution in [2.45, 2.75) is 59.0 Å². The second-order valence-electron chi connectivity index (χ2n) is 11.0. The number of nitrogens with zero attached hydrogens (tertiary/aromatic N) is 5. The largest absolute Gasteiger partial charge is 0.337 e. The molecule has 8 heteroatoms. The van der Waals surface area contributed by atoms with Gasteiger partial charge in [-0.1, -0.05) is 19.6 Å². The predicted octanol–water partition coefficient (Wildman–Crippen LogP) is 4.88. The summed E-state index contributed by atoms with van der Waals surface area (Å²) in [6.45, 7) is 14.4. The van der Waals surface area contributed by atoms with E-state index >= 15 is 0 Å². The molecule has 0 unspecified atom stereocenters. The Morgan fingerprint density at radius 1 is 1.13 bits per heavy atom. The number of fused-ring (bicyclic) bond motifs is 1. The zero-order chi connectivity index (χ0) is 26.8. The fourth-order valence-corrected chi connectivity index (χ4v) is 5.99. The fraction of sp³-hybridized carbons (Fsp3) is 0.467. The van der Waals surface area contributed by atoms with Crippen molar-refractivity contribution in [2.24, 2.45) is 5.92 Å². The number of aromatic nitrogens is 3. The van der Waals surface area contributed by atoms with E-state index < -0.39 is 0 Å². The van der Waals surface area contributed by atoms with Gasteiger partial charge in [0.25, 0.3) is 5.91 Å². The maximum absolute atomic E-state index is 13.3.